The molecule has 1 atom stereocenters. The van der Waals surface area contributed by atoms with Crippen LogP contribution in [0.3, 0.4) is 0 Å². The van der Waals surface area contributed by atoms with Crippen molar-refractivity contribution in [2.75, 3.05) is 0 Å². The van der Waals surface area contributed by atoms with Gasteiger partial charge >= 0.3 is 6.18 Å². The van der Waals surface area contributed by atoms with E-state index in [1.165, 1.54) is 0 Å². The van der Waals surface area contributed by atoms with Gasteiger partial charge in [0.15, 0.2) is 0 Å². The second kappa shape index (κ2) is 7.62. The van der Waals surface area contributed by atoms with Gasteiger partial charge in [0.2, 0.25) is 0 Å². The standard InChI is InChI=1S/C23H19F3N6O/c1-13-6-14-10-30-32(16-11-29-31(2)12-16)18(14)7-20(13)33-19-5-3-4-17-21(23(24,25)26)15(8-27)9-28-22(17)19/h6-7,9-12,19H,3-5H2,1-2H3/t19-/m0/s1. The molecule has 1 aliphatic rings. The van der Waals surface area contributed by atoms with Crippen LogP contribution in [0, 0.1) is 18.3 Å². The van der Waals surface area contributed by atoms with E-state index in [0.29, 0.717) is 18.6 Å². The van der Waals surface area contributed by atoms with Gasteiger partial charge in [0.1, 0.15) is 23.6 Å². The molecule has 168 valence electrons. The summed E-state index contributed by atoms with van der Waals surface area (Å²) in [5, 5.41) is 18.7. The van der Waals surface area contributed by atoms with Gasteiger partial charge in [0.05, 0.1) is 40.9 Å². The van der Waals surface area contributed by atoms with Crippen molar-refractivity contribution in [3.05, 3.63) is 64.9 Å². The molecule has 4 aromatic rings. The normalized spacial score (nSPS) is 15.9. The van der Waals surface area contributed by atoms with Crippen molar-refractivity contribution >= 4 is 10.9 Å². The van der Waals surface area contributed by atoms with Crippen LogP contribution in [0.1, 0.15) is 46.9 Å². The molecule has 3 heterocycles. The number of halogens is 3. The number of alkyl halides is 3. The molecule has 0 aliphatic heterocycles. The van der Waals surface area contributed by atoms with Gasteiger partial charge in [0, 0.05) is 24.7 Å². The first-order chi connectivity index (χ1) is 15.8. The van der Waals surface area contributed by atoms with Crippen LogP contribution in [0.2, 0.25) is 0 Å². The predicted octanol–water partition coefficient (Wildman–Crippen LogP) is 4.81. The summed E-state index contributed by atoms with van der Waals surface area (Å²) in [5.74, 6) is 0.547. The minimum atomic E-state index is -4.63. The highest BCUT2D eigenvalue weighted by Gasteiger charge is 2.40. The fraction of sp³-hybridized carbons (Fsp3) is 0.304. The molecular formula is C23H19F3N6O. The number of fused-ring (bicyclic) bond motifs is 2. The number of aromatic nitrogens is 5. The third-order valence-electron chi connectivity index (χ3n) is 5.88. The Morgan fingerprint density at radius 1 is 1.18 bits per heavy atom. The molecule has 0 bridgehead atoms. The molecule has 10 heteroatoms. The molecule has 0 amide bonds. The monoisotopic (exact) mass is 452 g/mol. The van der Waals surface area contributed by atoms with Gasteiger partial charge in [-0.15, -0.1) is 0 Å². The van der Waals surface area contributed by atoms with E-state index in [1.54, 1.807) is 27.8 Å². The molecule has 1 aliphatic carbocycles. The van der Waals surface area contributed by atoms with Crippen LogP contribution in [0.25, 0.3) is 16.6 Å². The average Bonchev–Trinajstić information content (AvgIpc) is 3.38. The molecule has 0 N–H and O–H groups in total. The van der Waals surface area contributed by atoms with E-state index in [0.717, 1.165) is 28.4 Å². The lowest BCUT2D eigenvalue weighted by Crippen LogP contribution is -2.23. The van der Waals surface area contributed by atoms with E-state index in [2.05, 4.69) is 15.2 Å². The summed E-state index contributed by atoms with van der Waals surface area (Å²) in [6, 6.07) is 5.40. The SMILES string of the molecule is Cc1cc2cnn(-c3cnn(C)c3)c2cc1O[C@H]1CCCc2c1ncc(C#N)c2C(F)(F)F. The van der Waals surface area contributed by atoms with Crippen molar-refractivity contribution in [2.24, 2.45) is 7.05 Å². The van der Waals surface area contributed by atoms with Crippen molar-refractivity contribution in [2.45, 2.75) is 38.5 Å². The lowest BCUT2D eigenvalue weighted by Gasteiger charge is -2.28. The van der Waals surface area contributed by atoms with Crippen LogP contribution in [0.4, 0.5) is 13.2 Å². The Bertz CT molecular complexity index is 1410. The quantitative estimate of drug-likeness (QED) is 0.446. The summed E-state index contributed by atoms with van der Waals surface area (Å²) in [6.45, 7) is 1.88. The largest absolute Gasteiger partial charge is 0.484 e. The summed E-state index contributed by atoms with van der Waals surface area (Å²) < 4.78 is 50.9. The first kappa shape index (κ1) is 21.0. The van der Waals surface area contributed by atoms with Crippen LogP contribution in [0.5, 0.6) is 5.75 Å². The maximum atomic E-state index is 13.8. The Hall–Kier alpha value is -3.87. The molecular weight excluding hydrogens is 433 g/mol. The number of aryl methyl sites for hydroxylation is 2. The van der Waals surface area contributed by atoms with Crippen LogP contribution in [-0.2, 0) is 19.6 Å². The highest BCUT2D eigenvalue weighted by Crippen LogP contribution is 2.42. The number of nitriles is 1. The third kappa shape index (κ3) is 3.59. The Kier molecular flexibility index (Phi) is 4.85. The van der Waals surface area contributed by atoms with Gasteiger partial charge in [0.25, 0.3) is 0 Å². The van der Waals surface area contributed by atoms with E-state index >= 15 is 0 Å². The highest BCUT2D eigenvalue weighted by atomic mass is 19.4. The zero-order valence-corrected chi connectivity index (χ0v) is 17.9. The topological polar surface area (TPSA) is 81.6 Å². The van der Waals surface area contributed by atoms with Crippen LogP contribution < -0.4 is 4.74 Å². The number of nitrogens with zero attached hydrogens (tertiary/aromatic N) is 6. The van der Waals surface area contributed by atoms with Gasteiger partial charge in [-0.25, -0.2) is 4.68 Å². The zero-order chi connectivity index (χ0) is 23.3. The summed E-state index contributed by atoms with van der Waals surface area (Å²) >= 11 is 0. The van der Waals surface area contributed by atoms with Gasteiger partial charge in [-0.2, -0.15) is 28.6 Å². The van der Waals surface area contributed by atoms with Crippen molar-refractivity contribution in [1.82, 2.24) is 24.5 Å². The second-order valence-corrected chi connectivity index (χ2v) is 8.12. The molecule has 0 saturated heterocycles. The van der Waals surface area contributed by atoms with Crippen LogP contribution >= 0.6 is 0 Å². The average molecular weight is 452 g/mol. The maximum absolute atomic E-state index is 13.8. The Balaban J connectivity index is 1.57. The smallest absolute Gasteiger partial charge is 0.418 e. The second-order valence-electron chi connectivity index (χ2n) is 8.12. The number of hydrogen-bond acceptors (Lipinski definition) is 5. The van der Waals surface area contributed by atoms with Gasteiger partial charge in [-0.1, -0.05) is 0 Å². The first-order valence-electron chi connectivity index (χ1n) is 10.4. The van der Waals surface area contributed by atoms with E-state index in [4.69, 9.17) is 4.74 Å². The summed E-state index contributed by atoms with van der Waals surface area (Å²) in [4.78, 5) is 4.22. The molecule has 3 aromatic heterocycles. The fourth-order valence-corrected chi connectivity index (χ4v) is 4.39. The summed E-state index contributed by atoms with van der Waals surface area (Å²) in [6.07, 6.45) is 2.23. The van der Waals surface area contributed by atoms with E-state index in [-0.39, 0.29) is 17.7 Å². The minimum Gasteiger partial charge on any atom is -0.484 e. The van der Waals surface area contributed by atoms with Crippen molar-refractivity contribution < 1.29 is 17.9 Å². The molecule has 33 heavy (non-hydrogen) atoms. The fourth-order valence-electron chi connectivity index (χ4n) is 4.39. The van der Waals surface area contributed by atoms with Crippen LogP contribution in [-0.4, -0.2) is 24.5 Å². The van der Waals surface area contributed by atoms with Crippen LogP contribution in [0.15, 0.2) is 36.9 Å². The lowest BCUT2D eigenvalue weighted by molar-refractivity contribution is -0.138. The molecule has 0 fully saturated rings. The summed E-state index contributed by atoms with van der Waals surface area (Å²) in [5.41, 5.74) is 1.36. The Morgan fingerprint density at radius 3 is 2.70 bits per heavy atom. The van der Waals surface area contributed by atoms with E-state index < -0.39 is 23.4 Å². The molecule has 1 aromatic carbocycles. The highest BCUT2D eigenvalue weighted by molar-refractivity contribution is 5.83. The molecule has 0 spiro atoms. The first-order valence-corrected chi connectivity index (χ1v) is 10.4. The lowest BCUT2D eigenvalue weighted by atomic mass is 9.88. The molecule has 0 unspecified atom stereocenters. The zero-order valence-electron chi connectivity index (χ0n) is 17.9. The van der Waals surface area contributed by atoms with Crippen molar-refractivity contribution in [1.29, 1.82) is 5.26 Å². The number of hydrogen-bond donors (Lipinski definition) is 0. The number of ether oxygens (including phenoxy) is 1. The van der Waals surface area contributed by atoms with Gasteiger partial charge < -0.3 is 4.74 Å². The predicted molar refractivity (Wildman–Crippen MR) is 113 cm³/mol. The molecule has 0 saturated carbocycles. The Morgan fingerprint density at radius 2 is 2.00 bits per heavy atom. The van der Waals surface area contributed by atoms with E-state index in [9.17, 15) is 18.4 Å². The Labute approximate surface area is 187 Å². The molecule has 0 radical (unpaired) electrons. The summed E-state index contributed by atoms with van der Waals surface area (Å²) in [7, 11) is 1.81. The van der Waals surface area contributed by atoms with E-state index in [1.807, 2.05) is 32.3 Å². The molecule has 5 rings (SSSR count). The van der Waals surface area contributed by atoms with Crippen molar-refractivity contribution in [3.63, 3.8) is 0 Å². The molecule has 7 nitrogen and oxygen atoms in total. The van der Waals surface area contributed by atoms with Gasteiger partial charge in [-0.05, 0) is 43.4 Å². The van der Waals surface area contributed by atoms with Gasteiger partial charge in [-0.3, -0.25) is 9.67 Å². The third-order valence-corrected chi connectivity index (χ3v) is 5.88. The maximum Gasteiger partial charge on any atom is 0.418 e. The minimum absolute atomic E-state index is 0.0527. The number of benzene rings is 1. The van der Waals surface area contributed by atoms with Crippen molar-refractivity contribution in [3.8, 4) is 17.5 Å². The number of rotatable bonds is 3. The number of pyridine rings is 1.